The Labute approximate surface area is 247 Å². The highest BCUT2D eigenvalue weighted by molar-refractivity contribution is 5.83. The molecule has 9 heteroatoms. The summed E-state index contributed by atoms with van der Waals surface area (Å²) in [4.78, 5) is 42.2. The van der Waals surface area contributed by atoms with Crippen LogP contribution in [0.2, 0.25) is 0 Å². The van der Waals surface area contributed by atoms with E-state index in [2.05, 4.69) is 12.2 Å². The van der Waals surface area contributed by atoms with E-state index in [-0.39, 0.29) is 12.5 Å². The number of nitrogens with one attached hydrogen (secondary N) is 1. The van der Waals surface area contributed by atoms with Gasteiger partial charge in [-0.05, 0) is 46.0 Å². The number of unbranched alkanes of at least 4 members (excludes halogenated alkanes) is 3. The smallest absolute Gasteiger partial charge is 0.315 e. The Balaban J connectivity index is 1.98. The highest BCUT2D eigenvalue weighted by Gasteiger charge is 2.56. The van der Waals surface area contributed by atoms with Crippen molar-refractivity contribution in [2.24, 2.45) is 17.1 Å². The van der Waals surface area contributed by atoms with Gasteiger partial charge in [0.25, 0.3) is 0 Å². The summed E-state index contributed by atoms with van der Waals surface area (Å²) in [5, 5.41) is 13.7. The van der Waals surface area contributed by atoms with Crippen LogP contribution >= 0.6 is 0 Å². The summed E-state index contributed by atoms with van der Waals surface area (Å²) in [6.07, 6.45) is 14.0. The molecule has 0 spiro atoms. The van der Waals surface area contributed by atoms with Crippen LogP contribution in [-0.4, -0.2) is 64.0 Å². The van der Waals surface area contributed by atoms with E-state index in [1.807, 2.05) is 18.7 Å². The molecule has 0 aromatic rings. The van der Waals surface area contributed by atoms with Crippen molar-refractivity contribution in [2.75, 3.05) is 13.2 Å². The van der Waals surface area contributed by atoms with Gasteiger partial charge < -0.3 is 30.5 Å². The molecule has 0 radical (unpaired) electrons. The lowest BCUT2D eigenvalue weighted by molar-refractivity contribution is -0.304. The molecule has 41 heavy (non-hydrogen) atoms. The molecule has 3 aliphatic rings. The van der Waals surface area contributed by atoms with E-state index in [4.69, 9.17) is 15.2 Å². The molecule has 2 aliphatic carbocycles. The Bertz CT molecular complexity index is 890. The monoisotopic (exact) mass is 579 g/mol. The maximum atomic E-state index is 13.6. The molecule has 0 aromatic heterocycles. The number of carboxylic acids is 1. The molecule has 0 bridgehead atoms. The van der Waals surface area contributed by atoms with Crippen LogP contribution in [0, 0.1) is 11.3 Å². The van der Waals surface area contributed by atoms with Crippen LogP contribution in [0.1, 0.15) is 137 Å². The molecule has 2 saturated carbocycles. The number of primary amides is 1. The number of ether oxygens (including phenoxy) is 2. The van der Waals surface area contributed by atoms with Crippen LogP contribution in [-0.2, 0) is 19.1 Å². The Morgan fingerprint density at radius 1 is 0.927 bits per heavy atom. The van der Waals surface area contributed by atoms with E-state index < -0.39 is 46.3 Å². The minimum absolute atomic E-state index is 0.0823. The zero-order chi connectivity index (χ0) is 30.3. The summed E-state index contributed by atoms with van der Waals surface area (Å²) >= 11 is 0. The quantitative estimate of drug-likeness (QED) is 0.188. The molecule has 3 rings (SSSR count). The molecular formula is C32H57N3O6. The van der Waals surface area contributed by atoms with Gasteiger partial charge in [0.2, 0.25) is 5.91 Å². The van der Waals surface area contributed by atoms with Gasteiger partial charge in [0.15, 0.2) is 5.79 Å². The Morgan fingerprint density at radius 3 is 2.07 bits per heavy atom. The van der Waals surface area contributed by atoms with E-state index in [1.165, 1.54) is 0 Å². The second-order valence-electron chi connectivity index (χ2n) is 14.1. The van der Waals surface area contributed by atoms with Crippen molar-refractivity contribution in [3.8, 4) is 0 Å². The van der Waals surface area contributed by atoms with E-state index >= 15 is 0 Å². The fourth-order valence-corrected chi connectivity index (χ4v) is 7.79. The van der Waals surface area contributed by atoms with Gasteiger partial charge in [-0.15, -0.1) is 0 Å². The lowest BCUT2D eigenvalue weighted by Crippen LogP contribution is -2.69. The number of hydrogen-bond acceptors (Lipinski definition) is 5. The molecule has 236 valence electrons. The number of aliphatic carboxylic acids is 1. The van der Waals surface area contributed by atoms with Crippen molar-refractivity contribution in [3.63, 3.8) is 0 Å². The van der Waals surface area contributed by atoms with Crippen LogP contribution in [0.5, 0.6) is 0 Å². The summed E-state index contributed by atoms with van der Waals surface area (Å²) in [5.41, 5.74) is 4.31. The number of urea groups is 1. The van der Waals surface area contributed by atoms with Gasteiger partial charge in [0.05, 0.1) is 18.1 Å². The predicted octanol–water partition coefficient (Wildman–Crippen LogP) is 6.13. The average molecular weight is 580 g/mol. The van der Waals surface area contributed by atoms with Crippen molar-refractivity contribution in [1.29, 1.82) is 0 Å². The molecule has 1 heterocycles. The maximum Gasteiger partial charge on any atom is 0.315 e. The minimum Gasteiger partial charge on any atom is -0.481 e. The van der Waals surface area contributed by atoms with Crippen molar-refractivity contribution in [2.45, 2.75) is 160 Å². The molecule has 2 unspecified atom stereocenters. The Kier molecular flexibility index (Phi) is 11.5. The van der Waals surface area contributed by atoms with E-state index in [0.717, 1.165) is 89.9 Å². The first kappa shape index (κ1) is 33.6. The minimum atomic E-state index is -0.997. The number of hydrogen-bond donors (Lipinski definition) is 3. The van der Waals surface area contributed by atoms with Gasteiger partial charge in [0.1, 0.15) is 6.10 Å². The Hall–Kier alpha value is -1.87. The lowest BCUT2D eigenvalue weighted by atomic mass is 9.69. The summed E-state index contributed by atoms with van der Waals surface area (Å²) in [6, 6.07) is -0.516. The maximum absolute atomic E-state index is 13.6. The standard InChI is InChI=1S/C32H57N3O6/c1-6-7-8-12-17-31(18-13-11-14-19-31)35(28(33)39)32(20-15-9-10-16-21-32)24(27(37)38)22-34-26(36)25-29(2,3)23-40-30(4,5)41-25/h24-25H,6-23H2,1-5H3,(H2,33,39)(H,34,36)(H,37,38). The topological polar surface area (TPSA) is 131 Å². The molecule has 4 N–H and O–H groups in total. The number of amides is 3. The number of nitrogens with zero attached hydrogens (tertiary/aromatic N) is 1. The molecule has 3 amide bonds. The second-order valence-corrected chi connectivity index (χ2v) is 14.1. The lowest BCUT2D eigenvalue weighted by Gasteiger charge is -2.57. The zero-order valence-electron chi connectivity index (χ0n) is 26.4. The summed E-state index contributed by atoms with van der Waals surface area (Å²) < 4.78 is 11.8. The summed E-state index contributed by atoms with van der Waals surface area (Å²) in [7, 11) is 0. The van der Waals surface area contributed by atoms with Gasteiger partial charge in [-0.1, -0.05) is 91.4 Å². The van der Waals surface area contributed by atoms with Crippen LogP contribution < -0.4 is 11.1 Å². The summed E-state index contributed by atoms with van der Waals surface area (Å²) in [6.45, 7) is 9.82. The van der Waals surface area contributed by atoms with Crippen LogP contribution in [0.4, 0.5) is 4.79 Å². The van der Waals surface area contributed by atoms with Crippen molar-refractivity contribution < 1.29 is 29.0 Å². The normalized spacial score (nSPS) is 25.8. The molecular weight excluding hydrogens is 522 g/mol. The van der Waals surface area contributed by atoms with Gasteiger partial charge in [-0.3, -0.25) is 9.59 Å². The van der Waals surface area contributed by atoms with Crippen molar-refractivity contribution in [3.05, 3.63) is 0 Å². The number of rotatable bonds is 12. The number of carbonyl (C=O) groups is 3. The number of nitrogens with two attached hydrogens (primary N) is 1. The molecule has 1 saturated heterocycles. The van der Waals surface area contributed by atoms with Gasteiger partial charge >= 0.3 is 12.0 Å². The van der Waals surface area contributed by atoms with Gasteiger partial charge in [0, 0.05) is 17.5 Å². The van der Waals surface area contributed by atoms with Crippen molar-refractivity contribution in [1.82, 2.24) is 10.2 Å². The molecule has 1 aliphatic heterocycles. The third-order valence-electron chi connectivity index (χ3n) is 9.96. The van der Waals surface area contributed by atoms with Crippen LogP contribution in [0.3, 0.4) is 0 Å². The third kappa shape index (κ3) is 7.95. The highest BCUT2D eigenvalue weighted by atomic mass is 16.7. The SMILES string of the molecule is CCCCCCC1(N(C(N)=O)C2(C(CNC(=O)C3OC(C)(C)OCC3(C)C)C(=O)O)CCCCCC2)CCCCC1. The first-order valence-corrected chi connectivity index (χ1v) is 16.2. The Morgan fingerprint density at radius 2 is 1.51 bits per heavy atom. The first-order valence-electron chi connectivity index (χ1n) is 16.2. The third-order valence-corrected chi connectivity index (χ3v) is 9.96. The van der Waals surface area contributed by atoms with Gasteiger partial charge in [-0.2, -0.15) is 0 Å². The zero-order valence-corrected chi connectivity index (χ0v) is 26.4. The predicted molar refractivity (Wildman–Crippen MR) is 159 cm³/mol. The first-order chi connectivity index (χ1) is 19.3. The average Bonchev–Trinajstić information content (AvgIpc) is 3.15. The fourth-order valence-electron chi connectivity index (χ4n) is 7.79. The van der Waals surface area contributed by atoms with Crippen LogP contribution in [0.15, 0.2) is 0 Å². The number of carbonyl (C=O) groups excluding carboxylic acids is 2. The van der Waals surface area contributed by atoms with E-state index in [0.29, 0.717) is 19.4 Å². The largest absolute Gasteiger partial charge is 0.481 e. The van der Waals surface area contributed by atoms with E-state index in [1.54, 1.807) is 13.8 Å². The van der Waals surface area contributed by atoms with Crippen molar-refractivity contribution >= 4 is 17.9 Å². The number of carboxylic acid groups (broad SMARTS) is 1. The molecule has 3 fully saturated rings. The summed E-state index contributed by atoms with van der Waals surface area (Å²) in [5.74, 6) is -3.25. The second kappa shape index (κ2) is 14.1. The van der Waals surface area contributed by atoms with Crippen LogP contribution in [0.25, 0.3) is 0 Å². The molecule has 2 atom stereocenters. The molecule has 0 aromatic carbocycles. The fraction of sp³-hybridized carbons (Fsp3) is 0.906. The van der Waals surface area contributed by atoms with E-state index in [9.17, 15) is 19.5 Å². The highest BCUT2D eigenvalue weighted by Crippen LogP contribution is 2.48. The molecule has 9 nitrogen and oxygen atoms in total. The van der Waals surface area contributed by atoms with Gasteiger partial charge in [-0.25, -0.2) is 4.79 Å².